The Morgan fingerprint density at radius 2 is 1.61 bits per heavy atom. The van der Waals surface area contributed by atoms with E-state index < -0.39 is 23.2 Å². The summed E-state index contributed by atoms with van der Waals surface area (Å²) in [6.07, 6.45) is 0. The van der Waals surface area contributed by atoms with Gasteiger partial charge in [0, 0.05) is 10.5 Å². The normalized spacial score (nSPS) is 10.4. The van der Waals surface area contributed by atoms with Crippen LogP contribution in [0.3, 0.4) is 0 Å². The van der Waals surface area contributed by atoms with Gasteiger partial charge in [-0.05, 0) is 30.3 Å². The Morgan fingerprint density at radius 3 is 2.28 bits per heavy atom. The van der Waals surface area contributed by atoms with Gasteiger partial charge in [-0.25, -0.2) is 13.2 Å². The molecule has 2 aromatic carbocycles. The number of rotatable bonds is 2. The van der Waals surface area contributed by atoms with Gasteiger partial charge < -0.3 is 0 Å². The lowest BCUT2D eigenvalue weighted by Gasteiger charge is -2.04. The standard InChI is InChI=1S/C13H6BrF3O/c14-7-1-4-11(16)10(5-7)13(18)9-3-2-8(15)6-12(9)17/h1-6H. The van der Waals surface area contributed by atoms with E-state index in [1.165, 1.54) is 12.1 Å². The largest absolute Gasteiger partial charge is 0.288 e. The SMILES string of the molecule is O=C(c1ccc(F)cc1F)c1cc(Br)ccc1F. The van der Waals surface area contributed by atoms with E-state index in [0.717, 1.165) is 18.2 Å². The van der Waals surface area contributed by atoms with Crippen molar-refractivity contribution >= 4 is 21.7 Å². The third kappa shape index (κ3) is 2.46. The van der Waals surface area contributed by atoms with Crippen molar-refractivity contribution in [2.45, 2.75) is 0 Å². The summed E-state index contributed by atoms with van der Waals surface area (Å²) in [6.45, 7) is 0. The molecule has 0 unspecified atom stereocenters. The summed E-state index contributed by atoms with van der Waals surface area (Å²) in [4.78, 5) is 11.9. The minimum atomic E-state index is -1.01. The van der Waals surface area contributed by atoms with Crippen LogP contribution >= 0.6 is 15.9 Å². The first kappa shape index (κ1) is 12.8. The van der Waals surface area contributed by atoms with Gasteiger partial charge in [0.1, 0.15) is 17.5 Å². The van der Waals surface area contributed by atoms with Crippen molar-refractivity contribution in [3.63, 3.8) is 0 Å². The zero-order valence-electron chi connectivity index (χ0n) is 8.88. The van der Waals surface area contributed by atoms with E-state index in [9.17, 15) is 18.0 Å². The fourth-order valence-electron chi connectivity index (χ4n) is 1.49. The van der Waals surface area contributed by atoms with Crippen LogP contribution in [0.15, 0.2) is 40.9 Å². The molecule has 0 amide bonds. The Labute approximate surface area is 109 Å². The molecule has 2 aromatic rings. The van der Waals surface area contributed by atoms with Gasteiger partial charge in [0.05, 0.1) is 11.1 Å². The van der Waals surface area contributed by atoms with Crippen LogP contribution in [-0.2, 0) is 0 Å². The van der Waals surface area contributed by atoms with Crippen LogP contribution in [0.4, 0.5) is 13.2 Å². The van der Waals surface area contributed by atoms with Gasteiger partial charge in [-0.2, -0.15) is 0 Å². The number of carbonyl (C=O) groups excluding carboxylic acids is 1. The van der Waals surface area contributed by atoms with Crippen molar-refractivity contribution in [2.24, 2.45) is 0 Å². The average Bonchev–Trinajstić information content (AvgIpc) is 2.31. The minimum Gasteiger partial charge on any atom is -0.288 e. The highest BCUT2D eigenvalue weighted by Crippen LogP contribution is 2.20. The Hall–Kier alpha value is -1.62. The molecule has 0 aliphatic heterocycles. The number of ketones is 1. The van der Waals surface area contributed by atoms with E-state index in [-0.39, 0.29) is 11.1 Å². The van der Waals surface area contributed by atoms with Crippen molar-refractivity contribution in [3.05, 3.63) is 69.4 Å². The zero-order chi connectivity index (χ0) is 13.3. The second kappa shape index (κ2) is 4.94. The molecule has 0 spiro atoms. The Balaban J connectivity index is 2.51. The summed E-state index contributed by atoms with van der Waals surface area (Å²) >= 11 is 3.09. The van der Waals surface area contributed by atoms with Crippen molar-refractivity contribution in [1.29, 1.82) is 0 Å². The van der Waals surface area contributed by atoms with E-state index in [0.29, 0.717) is 10.5 Å². The molecule has 0 aliphatic rings. The molecule has 5 heteroatoms. The summed E-state index contributed by atoms with van der Waals surface area (Å²) in [7, 11) is 0. The minimum absolute atomic E-state index is 0.269. The molecule has 0 saturated carbocycles. The third-order valence-electron chi connectivity index (χ3n) is 2.35. The Bertz CT molecular complexity index is 626. The number of benzene rings is 2. The Morgan fingerprint density at radius 1 is 0.889 bits per heavy atom. The first-order chi connectivity index (χ1) is 8.49. The molecule has 92 valence electrons. The van der Waals surface area contributed by atoms with Crippen molar-refractivity contribution in [1.82, 2.24) is 0 Å². The average molecular weight is 315 g/mol. The molecule has 0 heterocycles. The maximum Gasteiger partial charge on any atom is 0.198 e. The molecule has 0 aliphatic carbocycles. The first-order valence-electron chi connectivity index (χ1n) is 4.94. The van der Waals surface area contributed by atoms with Crippen LogP contribution in [-0.4, -0.2) is 5.78 Å². The van der Waals surface area contributed by atoms with E-state index in [2.05, 4.69) is 15.9 Å². The second-order valence-corrected chi connectivity index (χ2v) is 4.49. The lowest BCUT2D eigenvalue weighted by Crippen LogP contribution is -2.07. The van der Waals surface area contributed by atoms with E-state index in [1.54, 1.807) is 0 Å². The lowest BCUT2D eigenvalue weighted by molar-refractivity contribution is 0.103. The molecular weight excluding hydrogens is 309 g/mol. The molecule has 0 atom stereocenters. The molecule has 0 saturated heterocycles. The fourth-order valence-corrected chi connectivity index (χ4v) is 1.85. The molecule has 18 heavy (non-hydrogen) atoms. The van der Waals surface area contributed by atoms with E-state index in [4.69, 9.17) is 0 Å². The first-order valence-corrected chi connectivity index (χ1v) is 5.73. The molecular formula is C13H6BrF3O. The van der Waals surface area contributed by atoms with Gasteiger partial charge in [0.2, 0.25) is 0 Å². The maximum absolute atomic E-state index is 13.5. The molecule has 1 nitrogen and oxygen atoms in total. The van der Waals surface area contributed by atoms with Gasteiger partial charge >= 0.3 is 0 Å². The summed E-state index contributed by atoms with van der Waals surface area (Å²) < 4.78 is 40.1. The van der Waals surface area contributed by atoms with Crippen molar-refractivity contribution in [3.8, 4) is 0 Å². The highest BCUT2D eigenvalue weighted by Gasteiger charge is 2.18. The molecule has 0 N–H and O–H groups in total. The van der Waals surface area contributed by atoms with Crippen LogP contribution in [0.25, 0.3) is 0 Å². The topological polar surface area (TPSA) is 17.1 Å². The van der Waals surface area contributed by atoms with Crippen LogP contribution < -0.4 is 0 Å². The molecule has 0 radical (unpaired) electrons. The number of halogens is 4. The smallest absolute Gasteiger partial charge is 0.198 e. The quantitative estimate of drug-likeness (QED) is 0.763. The van der Waals surface area contributed by atoms with Crippen molar-refractivity contribution in [2.75, 3.05) is 0 Å². The van der Waals surface area contributed by atoms with Gasteiger partial charge in [-0.1, -0.05) is 15.9 Å². The highest BCUT2D eigenvalue weighted by atomic mass is 79.9. The predicted octanol–water partition coefficient (Wildman–Crippen LogP) is 4.10. The molecule has 2 rings (SSSR count). The summed E-state index contributed by atoms with van der Waals surface area (Å²) in [6, 6.07) is 6.30. The zero-order valence-corrected chi connectivity index (χ0v) is 10.5. The van der Waals surface area contributed by atoms with Gasteiger partial charge in [-0.3, -0.25) is 4.79 Å². The van der Waals surface area contributed by atoms with E-state index in [1.807, 2.05) is 0 Å². The molecule has 0 fully saturated rings. The number of carbonyl (C=O) groups is 1. The fraction of sp³-hybridized carbons (Fsp3) is 0. The molecule has 0 aromatic heterocycles. The van der Waals surface area contributed by atoms with E-state index >= 15 is 0 Å². The summed E-state index contributed by atoms with van der Waals surface area (Å²) in [5, 5.41) is 0. The van der Waals surface area contributed by atoms with Crippen molar-refractivity contribution < 1.29 is 18.0 Å². The molecule has 0 bridgehead atoms. The maximum atomic E-state index is 13.5. The summed E-state index contributed by atoms with van der Waals surface area (Å²) in [5.41, 5.74) is -0.636. The number of hydrogen-bond donors (Lipinski definition) is 0. The van der Waals surface area contributed by atoms with Gasteiger partial charge in [0.15, 0.2) is 5.78 Å². The lowest BCUT2D eigenvalue weighted by atomic mass is 10.0. The van der Waals surface area contributed by atoms with Crippen LogP contribution in [0.1, 0.15) is 15.9 Å². The highest BCUT2D eigenvalue weighted by molar-refractivity contribution is 9.10. The predicted molar refractivity (Wildman–Crippen MR) is 63.9 cm³/mol. The second-order valence-electron chi connectivity index (χ2n) is 3.58. The monoisotopic (exact) mass is 314 g/mol. The van der Waals surface area contributed by atoms with Gasteiger partial charge in [0.25, 0.3) is 0 Å². The Kier molecular flexibility index (Phi) is 3.52. The number of hydrogen-bond acceptors (Lipinski definition) is 1. The van der Waals surface area contributed by atoms with Crippen LogP contribution in [0.5, 0.6) is 0 Å². The van der Waals surface area contributed by atoms with Crippen LogP contribution in [0, 0.1) is 17.5 Å². The third-order valence-corrected chi connectivity index (χ3v) is 2.84. The van der Waals surface area contributed by atoms with Crippen LogP contribution in [0.2, 0.25) is 0 Å². The summed E-state index contributed by atoms with van der Waals surface area (Å²) in [5.74, 6) is -3.39. The van der Waals surface area contributed by atoms with Gasteiger partial charge in [-0.15, -0.1) is 0 Å².